The van der Waals surface area contributed by atoms with Crippen LogP contribution in [0.3, 0.4) is 0 Å². The number of rotatable bonds is 2. The van der Waals surface area contributed by atoms with E-state index in [1.165, 1.54) is 11.1 Å². The van der Waals surface area contributed by atoms with E-state index in [0.29, 0.717) is 0 Å². The van der Waals surface area contributed by atoms with Gasteiger partial charge in [-0.25, -0.2) is 0 Å². The minimum absolute atomic E-state index is 0.230. The van der Waals surface area contributed by atoms with Crippen molar-refractivity contribution in [2.75, 3.05) is 0 Å². The summed E-state index contributed by atoms with van der Waals surface area (Å²) >= 11 is 0. The van der Waals surface area contributed by atoms with Gasteiger partial charge in [0, 0.05) is 6.04 Å². The van der Waals surface area contributed by atoms with Crippen LogP contribution in [0.15, 0.2) is 47.6 Å². The second kappa shape index (κ2) is 4.83. The quantitative estimate of drug-likeness (QED) is 0.686. The van der Waals surface area contributed by atoms with Crippen LogP contribution in [-0.2, 0) is 0 Å². The van der Waals surface area contributed by atoms with Crippen molar-refractivity contribution < 1.29 is 0 Å². The Balaban J connectivity index is 2.68. The van der Waals surface area contributed by atoms with Gasteiger partial charge in [0.15, 0.2) is 0 Å². The molecule has 0 saturated carbocycles. The summed E-state index contributed by atoms with van der Waals surface area (Å²) in [7, 11) is 0. The summed E-state index contributed by atoms with van der Waals surface area (Å²) in [6.07, 6.45) is 13.5. The molecule has 1 atom stereocenters. The molecule has 0 aromatic heterocycles. The van der Waals surface area contributed by atoms with Crippen LogP contribution >= 0.6 is 0 Å². The summed E-state index contributed by atoms with van der Waals surface area (Å²) in [5, 5.41) is 0. The van der Waals surface area contributed by atoms with Crippen molar-refractivity contribution in [1.29, 1.82) is 0 Å². The van der Waals surface area contributed by atoms with E-state index in [9.17, 15) is 0 Å². The molecule has 0 bridgehead atoms. The molecule has 0 aromatic carbocycles. The zero-order valence-electron chi connectivity index (χ0n) is 8.33. The van der Waals surface area contributed by atoms with E-state index in [1.54, 1.807) is 0 Å². The largest absolute Gasteiger partial charge is 0.328 e. The molecule has 1 aliphatic rings. The summed E-state index contributed by atoms with van der Waals surface area (Å²) in [5.41, 5.74) is 8.28. The van der Waals surface area contributed by atoms with Gasteiger partial charge in [-0.1, -0.05) is 42.0 Å². The lowest BCUT2D eigenvalue weighted by atomic mass is 10.0. The standard InChI is InChI=1S/C12H17N/c1-10-5-3-7-12(8-4-6-10)9-11(2)13/h3-8,11H,9,13H2,1-2H3. The summed E-state index contributed by atoms with van der Waals surface area (Å²) in [6.45, 7) is 4.11. The predicted molar refractivity (Wildman–Crippen MR) is 58.4 cm³/mol. The van der Waals surface area contributed by atoms with E-state index >= 15 is 0 Å². The van der Waals surface area contributed by atoms with E-state index in [-0.39, 0.29) is 6.04 Å². The highest BCUT2D eigenvalue weighted by atomic mass is 14.6. The van der Waals surface area contributed by atoms with Gasteiger partial charge in [-0.2, -0.15) is 0 Å². The van der Waals surface area contributed by atoms with Crippen molar-refractivity contribution in [2.24, 2.45) is 5.73 Å². The van der Waals surface area contributed by atoms with E-state index in [4.69, 9.17) is 5.73 Å². The lowest BCUT2D eigenvalue weighted by molar-refractivity contribution is 0.741. The molecular weight excluding hydrogens is 158 g/mol. The topological polar surface area (TPSA) is 26.0 Å². The molecule has 70 valence electrons. The normalized spacial score (nSPS) is 18.7. The fourth-order valence-electron chi connectivity index (χ4n) is 1.27. The number of nitrogens with two attached hydrogens (primary N) is 1. The van der Waals surface area contributed by atoms with Gasteiger partial charge >= 0.3 is 0 Å². The Bertz CT molecular complexity index is 277. The third-order valence-corrected chi connectivity index (χ3v) is 1.90. The van der Waals surface area contributed by atoms with Gasteiger partial charge in [0.25, 0.3) is 0 Å². The number of hydrogen-bond acceptors (Lipinski definition) is 1. The van der Waals surface area contributed by atoms with Crippen LogP contribution in [0.2, 0.25) is 0 Å². The Morgan fingerprint density at radius 3 is 2.62 bits per heavy atom. The van der Waals surface area contributed by atoms with Crippen LogP contribution in [0.4, 0.5) is 0 Å². The van der Waals surface area contributed by atoms with Crippen LogP contribution < -0.4 is 5.73 Å². The molecule has 0 radical (unpaired) electrons. The average molecular weight is 175 g/mol. The molecule has 1 unspecified atom stereocenters. The molecule has 0 amide bonds. The fraction of sp³-hybridized carbons (Fsp3) is 0.333. The highest BCUT2D eigenvalue weighted by molar-refractivity contribution is 5.34. The molecule has 1 nitrogen and oxygen atoms in total. The van der Waals surface area contributed by atoms with Gasteiger partial charge < -0.3 is 5.73 Å². The lowest BCUT2D eigenvalue weighted by Gasteiger charge is -2.05. The second-order valence-corrected chi connectivity index (χ2v) is 3.55. The molecule has 13 heavy (non-hydrogen) atoms. The number of hydrogen-bond donors (Lipinski definition) is 1. The molecule has 0 aromatic rings. The first-order chi connectivity index (χ1) is 6.18. The molecule has 0 aliphatic heterocycles. The second-order valence-electron chi connectivity index (χ2n) is 3.55. The van der Waals surface area contributed by atoms with Crippen molar-refractivity contribution in [1.82, 2.24) is 0 Å². The van der Waals surface area contributed by atoms with Crippen molar-refractivity contribution in [2.45, 2.75) is 26.3 Å². The van der Waals surface area contributed by atoms with Crippen molar-refractivity contribution in [3.05, 3.63) is 47.6 Å². The summed E-state index contributed by atoms with van der Waals surface area (Å²) < 4.78 is 0. The average Bonchev–Trinajstić information content (AvgIpc) is 1.99. The van der Waals surface area contributed by atoms with Crippen LogP contribution in [0.1, 0.15) is 20.3 Å². The van der Waals surface area contributed by atoms with E-state index < -0.39 is 0 Å². The van der Waals surface area contributed by atoms with Gasteiger partial charge in [0.05, 0.1) is 0 Å². The number of allylic oxidation sites excluding steroid dienone is 7. The van der Waals surface area contributed by atoms with Crippen LogP contribution in [-0.4, -0.2) is 6.04 Å². The van der Waals surface area contributed by atoms with Gasteiger partial charge in [0.1, 0.15) is 0 Å². The molecule has 2 N–H and O–H groups in total. The van der Waals surface area contributed by atoms with Crippen LogP contribution in [0.5, 0.6) is 0 Å². The first kappa shape index (κ1) is 10.0. The Morgan fingerprint density at radius 2 is 1.92 bits per heavy atom. The van der Waals surface area contributed by atoms with Gasteiger partial charge in [-0.05, 0) is 25.8 Å². The molecule has 1 heteroatoms. The van der Waals surface area contributed by atoms with Crippen LogP contribution in [0.25, 0.3) is 0 Å². The van der Waals surface area contributed by atoms with Gasteiger partial charge in [-0.3, -0.25) is 0 Å². The predicted octanol–water partition coefficient (Wildman–Crippen LogP) is 2.72. The first-order valence-electron chi connectivity index (χ1n) is 4.66. The summed E-state index contributed by atoms with van der Waals surface area (Å²) in [5.74, 6) is 0. The summed E-state index contributed by atoms with van der Waals surface area (Å²) in [4.78, 5) is 0. The Kier molecular flexibility index (Phi) is 3.71. The Hall–Kier alpha value is -1.08. The first-order valence-corrected chi connectivity index (χ1v) is 4.66. The third kappa shape index (κ3) is 3.90. The minimum atomic E-state index is 0.230. The Labute approximate surface area is 80.3 Å². The molecular formula is C12H17N. The molecule has 1 rings (SSSR count). The SMILES string of the molecule is CC1=CC=CC(CC(C)N)=CC=C1. The molecule has 0 saturated heterocycles. The van der Waals surface area contributed by atoms with Crippen molar-refractivity contribution in [3.63, 3.8) is 0 Å². The maximum atomic E-state index is 5.73. The monoisotopic (exact) mass is 175 g/mol. The molecule has 0 fully saturated rings. The minimum Gasteiger partial charge on any atom is -0.328 e. The third-order valence-electron chi connectivity index (χ3n) is 1.90. The molecule has 0 heterocycles. The van der Waals surface area contributed by atoms with Crippen molar-refractivity contribution in [3.8, 4) is 0 Å². The zero-order chi connectivity index (χ0) is 9.68. The van der Waals surface area contributed by atoms with Crippen molar-refractivity contribution >= 4 is 0 Å². The van der Waals surface area contributed by atoms with Gasteiger partial charge in [0.2, 0.25) is 0 Å². The molecule has 1 aliphatic carbocycles. The maximum absolute atomic E-state index is 5.73. The summed E-state index contributed by atoms with van der Waals surface area (Å²) in [6, 6.07) is 0.230. The van der Waals surface area contributed by atoms with E-state index in [2.05, 4.69) is 43.4 Å². The zero-order valence-corrected chi connectivity index (χ0v) is 8.33. The van der Waals surface area contributed by atoms with Crippen LogP contribution in [0, 0.1) is 0 Å². The van der Waals surface area contributed by atoms with E-state index in [0.717, 1.165) is 6.42 Å². The van der Waals surface area contributed by atoms with Gasteiger partial charge in [-0.15, -0.1) is 0 Å². The Morgan fingerprint density at radius 1 is 1.23 bits per heavy atom. The highest BCUT2D eigenvalue weighted by Gasteiger charge is 1.97. The van der Waals surface area contributed by atoms with E-state index in [1.807, 2.05) is 6.92 Å². The lowest BCUT2D eigenvalue weighted by Crippen LogP contribution is -2.14. The maximum Gasteiger partial charge on any atom is 0.00509 e. The highest BCUT2D eigenvalue weighted by Crippen LogP contribution is 2.10. The smallest absolute Gasteiger partial charge is 0.00509 e. The fourth-order valence-corrected chi connectivity index (χ4v) is 1.27. The molecule has 0 spiro atoms.